The summed E-state index contributed by atoms with van der Waals surface area (Å²) in [5, 5.41) is 12.8. The van der Waals surface area contributed by atoms with Crippen LogP contribution in [0, 0.1) is 25.2 Å². The van der Waals surface area contributed by atoms with E-state index >= 15 is 0 Å². The van der Waals surface area contributed by atoms with E-state index < -0.39 is 0 Å². The number of amides is 1. The number of anilines is 1. The minimum Gasteiger partial charge on any atom is -0.324 e. The molecule has 3 aromatic carbocycles. The van der Waals surface area contributed by atoms with Crippen LogP contribution >= 0.6 is 23.5 Å². The molecule has 1 heterocycles. The van der Waals surface area contributed by atoms with Gasteiger partial charge in [0.25, 0.3) is 5.56 Å². The molecule has 0 radical (unpaired) electrons. The summed E-state index contributed by atoms with van der Waals surface area (Å²) >= 11 is 2.58. The highest BCUT2D eigenvalue weighted by molar-refractivity contribution is 8.00. The van der Waals surface area contributed by atoms with Gasteiger partial charge in [0.2, 0.25) is 5.91 Å². The lowest BCUT2D eigenvalue weighted by Gasteiger charge is -2.16. The molecule has 0 aliphatic carbocycles. The van der Waals surface area contributed by atoms with Crippen LogP contribution in [0.3, 0.4) is 0 Å². The number of nitrogens with zero attached hydrogens (tertiary/aromatic N) is 3. The van der Waals surface area contributed by atoms with Crippen LogP contribution < -0.4 is 10.9 Å². The van der Waals surface area contributed by atoms with E-state index in [1.165, 1.54) is 23.5 Å². The van der Waals surface area contributed by atoms with E-state index in [9.17, 15) is 9.59 Å². The number of rotatable bonds is 7. The standard InChI is InChI=1S/C26H22N4O2S2/c1-17-11-12-22(18(2)15-17)30-25(32)19-7-3-4-8-20(19)29-26(30)34-16-24(31)28-21-9-5-6-10-23(21)33-14-13-27/h3-12,15H,14,16H2,1-2H3,(H,28,31). The molecule has 0 unspecified atom stereocenters. The Labute approximate surface area is 206 Å². The molecule has 4 aromatic rings. The molecule has 4 rings (SSSR count). The largest absolute Gasteiger partial charge is 0.324 e. The third-order valence-corrected chi connectivity index (χ3v) is 7.00. The number of hydrogen-bond donors (Lipinski definition) is 1. The van der Waals surface area contributed by atoms with Crippen LogP contribution in [-0.4, -0.2) is 27.0 Å². The molecule has 0 aliphatic rings. The molecule has 1 amide bonds. The summed E-state index contributed by atoms with van der Waals surface area (Å²) in [4.78, 5) is 31.8. The summed E-state index contributed by atoms with van der Waals surface area (Å²) < 4.78 is 1.59. The van der Waals surface area contributed by atoms with E-state index in [1.54, 1.807) is 16.7 Å². The number of carbonyl (C=O) groups is 1. The highest BCUT2D eigenvalue weighted by Crippen LogP contribution is 2.28. The Morgan fingerprint density at radius 3 is 2.62 bits per heavy atom. The van der Waals surface area contributed by atoms with Gasteiger partial charge in [0.05, 0.1) is 39.9 Å². The van der Waals surface area contributed by atoms with Crippen LogP contribution in [0.15, 0.2) is 81.6 Å². The third kappa shape index (κ3) is 5.16. The van der Waals surface area contributed by atoms with Crippen molar-refractivity contribution in [1.82, 2.24) is 9.55 Å². The maximum atomic E-state index is 13.4. The van der Waals surface area contributed by atoms with Crippen molar-refractivity contribution in [3.8, 4) is 11.8 Å². The van der Waals surface area contributed by atoms with Crippen molar-refractivity contribution in [3.63, 3.8) is 0 Å². The lowest BCUT2D eigenvalue weighted by molar-refractivity contribution is -0.113. The average Bonchev–Trinajstić information content (AvgIpc) is 2.83. The average molecular weight is 487 g/mol. The Hall–Kier alpha value is -3.54. The minimum absolute atomic E-state index is 0.0763. The maximum absolute atomic E-state index is 13.4. The van der Waals surface area contributed by atoms with E-state index in [4.69, 9.17) is 10.2 Å². The highest BCUT2D eigenvalue weighted by Gasteiger charge is 2.16. The second kappa shape index (κ2) is 10.6. The summed E-state index contributed by atoms with van der Waals surface area (Å²) in [5.41, 5.74) is 3.88. The Morgan fingerprint density at radius 1 is 1.06 bits per heavy atom. The Morgan fingerprint density at radius 2 is 1.82 bits per heavy atom. The predicted octanol–water partition coefficient (Wildman–Crippen LogP) is 5.35. The Bertz CT molecular complexity index is 1470. The first-order chi connectivity index (χ1) is 16.5. The normalized spacial score (nSPS) is 10.7. The SMILES string of the molecule is Cc1ccc(-n2c(SCC(=O)Nc3ccccc3SCC#N)nc3ccccc3c2=O)c(C)c1. The number of nitrogens with one attached hydrogen (secondary N) is 1. The fourth-order valence-electron chi connectivity index (χ4n) is 3.60. The van der Waals surface area contributed by atoms with Crippen LogP contribution in [0.25, 0.3) is 16.6 Å². The number of carbonyl (C=O) groups excluding carboxylic acids is 1. The van der Waals surface area contributed by atoms with Crippen LogP contribution in [-0.2, 0) is 4.79 Å². The van der Waals surface area contributed by atoms with Crippen molar-refractivity contribution < 1.29 is 4.79 Å². The van der Waals surface area contributed by atoms with Crippen molar-refractivity contribution in [1.29, 1.82) is 5.26 Å². The molecule has 0 fully saturated rings. The van der Waals surface area contributed by atoms with E-state index in [1.807, 2.05) is 68.4 Å². The van der Waals surface area contributed by atoms with Crippen LogP contribution in [0.2, 0.25) is 0 Å². The van der Waals surface area contributed by atoms with Crippen molar-refractivity contribution in [2.75, 3.05) is 16.8 Å². The van der Waals surface area contributed by atoms with E-state index in [0.29, 0.717) is 27.5 Å². The zero-order valence-corrected chi connectivity index (χ0v) is 20.4. The van der Waals surface area contributed by atoms with Gasteiger partial charge >= 0.3 is 0 Å². The number of aryl methyl sites for hydroxylation is 2. The first kappa shape index (κ1) is 23.6. The molecule has 0 aliphatic heterocycles. The van der Waals surface area contributed by atoms with Gasteiger partial charge in [0, 0.05) is 4.90 Å². The minimum atomic E-state index is -0.218. The molecule has 0 bridgehead atoms. The zero-order chi connectivity index (χ0) is 24.1. The third-order valence-electron chi connectivity index (χ3n) is 5.12. The highest BCUT2D eigenvalue weighted by atomic mass is 32.2. The molecular formula is C26H22N4O2S2. The van der Waals surface area contributed by atoms with Crippen LogP contribution in [0.5, 0.6) is 0 Å². The maximum Gasteiger partial charge on any atom is 0.266 e. The van der Waals surface area contributed by atoms with Crippen molar-refractivity contribution in [2.24, 2.45) is 0 Å². The number of aromatic nitrogens is 2. The number of nitriles is 1. The van der Waals surface area contributed by atoms with Gasteiger partial charge in [-0.2, -0.15) is 5.26 Å². The first-order valence-electron chi connectivity index (χ1n) is 10.6. The van der Waals surface area contributed by atoms with Crippen LogP contribution in [0.4, 0.5) is 5.69 Å². The number of para-hydroxylation sites is 2. The fraction of sp³-hybridized carbons (Fsp3) is 0.154. The molecule has 34 heavy (non-hydrogen) atoms. The Balaban J connectivity index is 1.65. The van der Waals surface area contributed by atoms with Gasteiger partial charge in [-0.1, -0.05) is 53.7 Å². The fourth-order valence-corrected chi connectivity index (χ4v) is 5.08. The summed E-state index contributed by atoms with van der Waals surface area (Å²) in [6.07, 6.45) is 0. The Kier molecular flexibility index (Phi) is 7.36. The van der Waals surface area contributed by atoms with Gasteiger partial charge in [0.15, 0.2) is 5.16 Å². The van der Waals surface area contributed by atoms with Gasteiger partial charge in [-0.05, 0) is 49.7 Å². The van der Waals surface area contributed by atoms with Gasteiger partial charge in [-0.15, -0.1) is 11.8 Å². The van der Waals surface area contributed by atoms with Crippen molar-refractivity contribution in [2.45, 2.75) is 23.9 Å². The zero-order valence-electron chi connectivity index (χ0n) is 18.7. The lowest BCUT2D eigenvalue weighted by Crippen LogP contribution is -2.23. The van der Waals surface area contributed by atoms with Gasteiger partial charge in [0.1, 0.15) is 0 Å². The van der Waals surface area contributed by atoms with Gasteiger partial charge in [-0.3, -0.25) is 14.2 Å². The quantitative estimate of drug-likeness (QED) is 0.280. The molecule has 170 valence electrons. The number of benzene rings is 3. The van der Waals surface area contributed by atoms with E-state index in [2.05, 4.69) is 11.4 Å². The number of thioether (sulfide) groups is 2. The van der Waals surface area contributed by atoms with E-state index in [-0.39, 0.29) is 17.2 Å². The molecule has 1 aromatic heterocycles. The van der Waals surface area contributed by atoms with Crippen molar-refractivity contribution >= 4 is 46.0 Å². The van der Waals surface area contributed by atoms with Crippen LogP contribution in [0.1, 0.15) is 11.1 Å². The molecule has 0 saturated carbocycles. The molecule has 0 saturated heterocycles. The van der Waals surface area contributed by atoms with Gasteiger partial charge in [-0.25, -0.2) is 4.98 Å². The second-order valence-corrected chi connectivity index (χ2v) is 9.58. The first-order valence-corrected chi connectivity index (χ1v) is 12.6. The molecule has 1 N–H and O–H groups in total. The van der Waals surface area contributed by atoms with Crippen molar-refractivity contribution in [3.05, 3.63) is 88.2 Å². The smallest absolute Gasteiger partial charge is 0.266 e. The second-order valence-electron chi connectivity index (χ2n) is 7.62. The monoisotopic (exact) mass is 486 g/mol. The lowest BCUT2D eigenvalue weighted by atomic mass is 10.1. The summed E-state index contributed by atoms with van der Waals surface area (Å²) in [6, 6.07) is 22.6. The van der Waals surface area contributed by atoms with E-state index in [0.717, 1.165) is 21.7 Å². The van der Waals surface area contributed by atoms with Gasteiger partial charge < -0.3 is 5.32 Å². The number of hydrogen-bond acceptors (Lipinski definition) is 6. The summed E-state index contributed by atoms with van der Waals surface area (Å²) in [5.74, 6) is 0.155. The molecule has 6 nitrogen and oxygen atoms in total. The summed E-state index contributed by atoms with van der Waals surface area (Å²) in [7, 11) is 0. The molecule has 0 atom stereocenters. The molecule has 8 heteroatoms. The molecular weight excluding hydrogens is 464 g/mol. The topological polar surface area (TPSA) is 87.8 Å². The summed E-state index contributed by atoms with van der Waals surface area (Å²) in [6.45, 7) is 3.96. The predicted molar refractivity (Wildman–Crippen MR) is 139 cm³/mol. The molecule has 0 spiro atoms. The number of fused-ring (bicyclic) bond motifs is 1.